The van der Waals surface area contributed by atoms with E-state index < -0.39 is 49.5 Å². The molecule has 7 atom stereocenters. The molecule has 9 nitrogen and oxygen atoms in total. The summed E-state index contributed by atoms with van der Waals surface area (Å²) in [5, 5.41) is 54.6. The van der Waals surface area contributed by atoms with Crippen LogP contribution in [0.15, 0.2) is 36.5 Å². The Labute approximate surface area is 457 Å². The molecule has 9 heteroatoms. The van der Waals surface area contributed by atoms with Crippen molar-refractivity contribution in [3.05, 3.63) is 36.5 Å². The van der Waals surface area contributed by atoms with Gasteiger partial charge in [0, 0.05) is 6.42 Å². The number of unbranched alkanes of at least 4 members (excludes halogenated alkanes) is 42. The zero-order valence-corrected chi connectivity index (χ0v) is 48.6. The van der Waals surface area contributed by atoms with Crippen LogP contribution in [-0.4, -0.2) is 87.5 Å². The van der Waals surface area contributed by atoms with Crippen molar-refractivity contribution in [1.29, 1.82) is 0 Å². The van der Waals surface area contributed by atoms with Gasteiger partial charge in [0.25, 0.3) is 0 Å². The summed E-state index contributed by atoms with van der Waals surface area (Å²) in [5.74, 6) is -0.184. The first kappa shape index (κ1) is 70.4. The summed E-state index contributed by atoms with van der Waals surface area (Å²) in [6.07, 6.45) is 65.2. The second kappa shape index (κ2) is 54.8. The van der Waals surface area contributed by atoms with Gasteiger partial charge in [0.1, 0.15) is 24.4 Å². The SMILES string of the molecule is CCCCCCCCCCCCCCCCCC/C=C/CC/C=C/CC/C=C/C(O)C(COC1OC(CO)C(O)C(O)C1O)NC(=O)CCCCCCCCCCCCCCCCCCCCCCCCCCC. The molecule has 74 heavy (non-hydrogen) atoms. The molecule has 0 spiro atoms. The Balaban J connectivity index is 2.20. The van der Waals surface area contributed by atoms with Crippen LogP contribution in [0.3, 0.4) is 0 Å². The molecule has 1 aliphatic rings. The Bertz CT molecular complexity index is 1260. The molecule has 7 unspecified atom stereocenters. The van der Waals surface area contributed by atoms with Gasteiger partial charge >= 0.3 is 0 Å². The van der Waals surface area contributed by atoms with Crippen LogP contribution < -0.4 is 5.32 Å². The summed E-state index contributed by atoms with van der Waals surface area (Å²) in [7, 11) is 0. The van der Waals surface area contributed by atoms with Gasteiger partial charge in [-0.3, -0.25) is 4.79 Å². The number of hydrogen-bond donors (Lipinski definition) is 6. The van der Waals surface area contributed by atoms with Crippen LogP contribution in [0.25, 0.3) is 0 Å². The average Bonchev–Trinajstić information content (AvgIpc) is 3.40. The molecule has 0 aromatic rings. The molecule has 436 valence electrons. The molecule has 1 amide bonds. The molecule has 1 saturated heterocycles. The lowest BCUT2D eigenvalue weighted by atomic mass is 9.99. The van der Waals surface area contributed by atoms with Crippen molar-refractivity contribution in [3.63, 3.8) is 0 Å². The van der Waals surface area contributed by atoms with E-state index in [0.717, 1.165) is 44.9 Å². The third-order valence-electron chi connectivity index (χ3n) is 15.4. The number of allylic oxidation sites excluding steroid dienone is 5. The number of nitrogens with one attached hydrogen (secondary N) is 1. The van der Waals surface area contributed by atoms with E-state index in [1.807, 2.05) is 6.08 Å². The number of amides is 1. The first-order valence-corrected chi connectivity index (χ1v) is 32.2. The monoisotopic (exact) mass is 1050 g/mol. The zero-order valence-electron chi connectivity index (χ0n) is 48.6. The predicted molar refractivity (Wildman–Crippen MR) is 313 cm³/mol. The van der Waals surface area contributed by atoms with E-state index in [9.17, 15) is 30.3 Å². The van der Waals surface area contributed by atoms with E-state index in [2.05, 4.69) is 43.5 Å². The van der Waals surface area contributed by atoms with Crippen molar-refractivity contribution >= 4 is 5.91 Å². The molecule has 0 aromatic carbocycles. The number of hydrogen-bond acceptors (Lipinski definition) is 8. The molecular weight excluding hydrogens is 923 g/mol. The van der Waals surface area contributed by atoms with Crippen LogP contribution in [0.4, 0.5) is 0 Å². The second-order valence-electron chi connectivity index (χ2n) is 22.5. The standard InChI is InChI=1S/C65H123NO8/c1-3-5-7-9-11-13-15-17-19-21-23-25-27-29-31-32-34-36-38-40-42-44-46-48-50-52-54-59(68)58(57-73-65-64(72)63(71)62(70)60(56-67)74-65)66-61(69)55-53-51-49-47-45-43-41-39-37-35-33-30-28-26-24-22-20-18-16-14-12-10-8-6-4-2/h36,38,44,46,52,54,58-60,62-65,67-68,70-72H,3-35,37,39-43,45,47-51,53,55-57H2,1-2H3,(H,66,69)/b38-36+,46-44+,54-52+. The highest BCUT2D eigenvalue weighted by Crippen LogP contribution is 2.23. The maximum absolute atomic E-state index is 13.1. The maximum atomic E-state index is 13.1. The number of aliphatic hydroxyl groups is 5. The van der Waals surface area contributed by atoms with Gasteiger partial charge < -0.3 is 40.3 Å². The molecule has 0 radical (unpaired) electrons. The average molecular weight is 1050 g/mol. The van der Waals surface area contributed by atoms with E-state index in [0.29, 0.717) is 6.42 Å². The van der Waals surface area contributed by atoms with Gasteiger partial charge in [0.15, 0.2) is 6.29 Å². The van der Waals surface area contributed by atoms with Gasteiger partial charge in [0.05, 0.1) is 25.4 Å². The highest BCUT2D eigenvalue weighted by Gasteiger charge is 2.44. The van der Waals surface area contributed by atoms with Crippen molar-refractivity contribution < 1.29 is 39.8 Å². The first-order chi connectivity index (χ1) is 36.3. The quantitative estimate of drug-likeness (QED) is 0.0261. The lowest BCUT2D eigenvalue weighted by Crippen LogP contribution is -2.60. The van der Waals surface area contributed by atoms with Crippen LogP contribution >= 0.6 is 0 Å². The van der Waals surface area contributed by atoms with Crippen molar-refractivity contribution in [3.8, 4) is 0 Å². The molecule has 1 fully saturated rings. The number of carbonyl (C=O) groups excluding carboxylic acids is 1. The van der Waals surface area contributed by atoms with Crippen molar-refractivity contribution in [1.82, 2.24) is 5.32 Å². The highest BCUT2D eigenvalue weighted by molar-refractivity contribution is 5.76. The van der Waals surface area contributed by atoms with Crippen LogP contribution in [-0.2, 0) is 14.3 Å². The van der Waals surface area contributed by atoms with Crippen LogP contribution in [0.1, 0.15) is 316 Å². The molecule has 1 heterocycles. The number of aliphatic hydroxyl groups excluding tert-OH is 5. The van der Waals surface area contributed by atoms with Gasteiger partial charge in [-0.1, -0.05) is 301 Å². The third-order valence-corrected chi connectivity index (χ3v) is 15.4. The Morgan fingerprint density at radius 1 is 0.446 bits per heavy atom. The lowest BCUT2D eigenvalue weighted by molar-refractivity contribution is -0.302. The van der Waals surface area contributed by atoms with Crippen molar-refractivity contribution in [2.75, 3.05) is 13.2 Å². The Hall–Kier alpha value is -1.59. The third kappa shape index (κ3) is 43.4. The second-order valence-corrected chi connectivity index (χ2v) is 22.5. The summed E-state index contributed by atoms with van der Waals surface area (Å²) in [6.45, 7) is 3.81. The summed E-state index contributed by atoms with van der Waals surface area (Å²) in [5.41, 5.74) is 0. The van der Waals surface area contributed by atoms with E-state index in [-0.39, 0.29) is 12.5 Å². The highest BCUT2D eigenvalue weighted by atomic mass is 16.7. The fraction of sp³-hybridized carbons (Fsp3) is 0.892. The molecule has 6 N–H and O–H groups in total. The number of carbonyl (C=O) groups is 1. The van der Waals surface area contributed by atoms with Gasteiger partial charge in [-0.2, -0.15) is 0 Å². The Morgan fingerprint density at radius 3 is 1.14 bits per heavy atom. The van der Waals surface area contributed by atoms with Gasteiger partial charge in [-0.05, 0) is 44.9 Å². The van der Waals surface area contributed by atoms with Crippen LogP contribution in [0.2, 0.25) is 0 Å². The molecular formula is C65H123NO8. The van der Waals surface area contributed by atoms with Crippen molar-refractivity contribution in [2.45, 2.75) is 358 Å². The molecule has 0 aromatic heterocycles. The first-order valence-electron chi connectivity index (χ1n) is 32.2. The molecule has 0 aliphatic carbocycles. The van der Waals surface area contributed by atoms with E-state index in [4.69, 9.17) is 9.47 Å². The van der Waals surface area contributed by atoms with Gasteiger partial charge in [0.2, 0.25) is 5.91 Å². The Morgan fingerprint density at radius 2 is 0.770 bits per heavy atom. The van der Waals surface area contributed by atoms with Crippen LogP contribution in [0, 0.1) is 0 Å². The fourth-order valence-corrected chi connectivity index (χ4v) is 10.4. The minimum absolute atomic E-state index is 0.184. The maximum Gasteiger partial charge on any atom is 0.220 e. The van der Waals surface area contributed by atoms with E-state index in [1.165, 1.54) is 250 Å². The fourth-order valence-electron chi connectivity index (χ4n) is 10.4. The number of rotatable bonds is 56. The van der Waals surface area contributed by atoms with Crippen molar-refractivity contribution in [2.24, 2.45) is 0 Å². The molecule has 0 saturated carbocycles. The van der Waals surface area contributed by atoms with Gasteiger partial charge in [-0.25, -0.2) is 0 Å². The predicted octanol–water partition coefficient (Wildman–Crippen LogP) is 16.7. The summed E-state index contributed by atoms with van der Waals surface area (Å²) >= 11 is 0. The topological polar surface area (TPSA) is 149 Å². The minimum atomic E-state index is -1.57. The summed E-state index contributed by atoms with van der Waals surface area (Å²) < 4.78 is 11.3. The van der Waals surface area contributed by atoms with Crippen LogP contribution in [0.5, 0.6) is 0 Å². The van der Waals surface area contributed by atoms with Gasteiger partial charge in [-0.15, -0.1) is 0 Å². The van der Waals surface area contributed by atoms with E-state index in [1.54, 1.807) is 6.08 Å². The zero-order chi connectivity index (χ0) is 53.6. The Kier molecular flexibility index (Phi) is 52.1. The summed E-state index contributed by atoms with van der Waals surface area (Å²) in [4.78, 5) is 13.1. The number of ether oxygens (including phenoxy) is 2. The molecule has 0 bridgehead atoms. The lowest BCUT2D eigenvalue weighted by Gasteiger charge is -2.40. The summed E-state index contributed by atoms with van der Waals surface area (Å²) in [6, 6.07) is -0.827. The largest absolute Gasteiger partial charge is 0.394 e. The van der Waals surface area contributed by atoms with E-state index >= 15 is 0 Å². The molecule has 1 rings (SSSR count). The normalized spacial score (nSPS) is 19.1. The minimum Gasteiger partial charge on any atom is -0.394 e. The molecule has 1 aliphatic heterocycles. The smallest absolute Gasteiger partial charge is 0.220 e.